The minimum atomic E-state index is 0.686. The fraction of sp³-hybridized carbons (Fsp3) is 0.357. The van der Waals surface area contributed by atoms with Crippen molar-refractivity contribution in [3.63, 3.8) is 0 Å². The molecule has 0 aliphatic heterocycles. The molecule has 0 fully saturated rings. The third kappa shape index (κ3) is 1.92. The van der Waals surface area contributed by atoms with Gasteiger partial charge in [-0.15, -0.1) is 0 Å². The van der Waals surface area contributed by atoms with Crippen molar-refractivity contribution in [2.45, 2.75) is 27.3 Å². The molecule has 1 heterocycles. The van der Waals surface area contributed by atoms with Crippen molar-refractivity contribution in [1.29, 1.82) is 0 Å². The Kier molecular flexibility index (Phi) is 2.81. The van der Waals surface area contributed by atoms with Crippen molar-refractivity contribution in [2.24, 2.45) is 5.92 Å². The molecule has 2 rings (SSSR count). The van der Waals surface area contributed by atoms with Gasteiger partial charge in [0.1, 0.15) is 0 Å². The third-order valence-electron chi connectivity index (χ3n) is 2.69. The topological polar surface area (TPSA) is 4.93 Å². The van der Waals surface area contributed by atoms with Gasteiger partial charge < -0.3 is 4.57 Å². The molecule has 1 heteroatoms. The Bertz CT molecular complexity index is 451. The Morgan fingerprint density at radius 1 is 1.27 bits per heavy atom. The maximum Gasteiger partial charge on any atom is 0.0483 e. The van der Waals surface area contributed by atoms with Gasteiger partial charge in [-0.25, -0.2) is 0 Å². The summed E-state index contributed by atoms with van der Waals surface area (Å²) in [6.45, 7) is 7.70. The van der Waals surface area contributed by atoms with Crippen LogP contribution in [0, 0.1) is 12.3 Å². The number of nitrogens with zero attached hydrogens (tertiary/aromatic N) is 1. The van der Waals surface area contributed by atoms with Crippen LogP contribution < -0.4 is 0 Å². The molecule has 0 saturated carbocycles. The summed E-state index contributed by atoms with van der Waals surface area (Å²) in [7, 11) is 0. The van der Waals surface area contributed by atoms with Crippen molar-refractivity contribution in [2.75, 3.05) is 0 Å². The van der Waals surface area contributed by atoms with Crippen LogP contribution in [0.2, 0.25) is 0 Å². The van der Waals surface area contributed by atoms with E-state index < -0.39 is 0 Å². The summed E-state index contributed by atoms with van der Waals surface area (Å²) in [6, 6.07) is 8.61. The van der Waals surface area contributed by atoms with E-state index in [4.69, 9.17) is 0 Å². The minimum Gasteiger partial charge on any atom is -0.347 e. The molecule has 2 aromatic rings. The van der Waals surface area contributed by atoms with Gasteiger partial charge in [-0.05, 0) is 24.0 Å². The molecule has 1 aromatic carbocycles. The number of para-hydroxylation sites is 1. The van der Waals surface area contributed by atoms with Crippen LogP contribution in [0.1, 0.15) is 26.3 Å². The maximum atomic E-state index is 2.36. The molecule has 1 nitrogen and oxygen atoms in total. The Morgan fingerprint density at radius 2 is 2.00 bits per heavy atom. The van der Waals surface area contributed by atoms with Gasteiger partial charge in [0.2, 0.25) is 0 Å². The van der Waals surface area contributed by atoms with Gasteiger partial charge in [0, 0.05) is 23.6 Å². The number of aromatic nitrogens is 1. The first-order chi connectivity index (χ1) is 7.22. The van der Waals surface area contributed by atoms with Gasteiger partial charge in [0.15, 0.2) is 0 Å². The first-order valence-corrected chi connectivity index (χ1v) is 5.59. The molecule has 1 radical (unpaired) electrons. The highest BCUT2D eigenvalue weighted by molar-refractivity contribution is 5.85. The van der Waals surface area contributed by atoms with Crippen LogP contribution in [-0.4, -0.2) is 4.57 Å². The van der Waals surface area contributed by atoms with E-state index in [1.807, 2.05) is 0 Å². The average molecular weight is 200 g/mol. The fourth-order valence-electron chi connectivity index (χ4n) is 2.05. The van der Waals surface area contributed by atoms with Crippen LogP contribution in [0.4, 0.5) is 0 Å². The number of fused-ring (bicyclic) bond motifs is 1. The maximum absolute atomic E-state index is 2.36. The molecule has 0 bridgehead atoms. The zero-order chi connectivity index (χ0) is 10.8. The van der Waals surface area contributed by atoms with Crippen LogP contribution in [0.15, 0.2) is 30.5 Å². The summed E-state index contributed by atoms with van der Waals surface area (Å²) in [6.07, 6.45) is 4.43. The summed E-state index contributed by atoms with van der Waals surface area (Å²) in [5.74, 6) is 0.686. The van der Waals surface area contributed by atoms with Gasteiger partial charge in [0.05, 0.1) is 0 Å². The van der Waals surface area contributed by atoms with Gasteiger partial charge in [0.25, 0.3) is 0 Å². The first kappa shape index (κ1) is 10.3. The number of hydrogen-bond donors (Lipinski definition) is 0. The predicted octanol–water partition coefficient (Wildman–Crippen LogP) is 3.87. The van der Waals surface area contributed by atoms with Crippen LogP contribution in [0.3, 0.4) is 0 Å². The summed E-state index contributed by atoms with van der Waals surface area (Å²) >= 11 is 0. The molecule has 0 unspecified atom stereocenters. The lowest BCUT2D eigenvalue weighted by Gasteiger charge is -2.07. The second kappa shape index (κ2) is 4.09. The highest BCUT2D eigenvalue weighted by Gasteiger charge is 2.07. The van der Waals surface area contributed by atoms with Gasteiger partial charge in [-0.1, -0.05) is 39.0 Å². The van der Waals surface area contributed by atoms with Gasteiger partial charge in [-0.2, -0.15) is 0 Å². The summed E-state index contributed by atoms with van der Waals surface area (Å²) in [5, 5.41) is 1.36. The van der Waals surface area contributed by atoms with E-state index in [9.17, 15) is 0 Å². The zero-order valence-corrected chi connectivity index (χ0v) is 9.70. The van der Waals surface area contributed by atoms with E-state index in [2.05, 4.69) is 62.2 Å². The lowest BCUT2D eigenvalue weighted by Crippen LogP contribution is -2.02. The number of hydrogen-bond acceptors (Lipinski definition) is 0. The normalized spacial score (nSPS) is 11.5. The molecule has 0 aliphatic carbocycles. The smallest absolute Gasteiger partial charge is 0.0483 e. The van der Waals surface area contributed by atoms with Crippen LogP contribution in [-0.2, 0) is 6.54 Å². The fourth-order valence-corrected chi connectivity index (χ4v) is 2.05. The lowest BCUT2D eigenvalue weighted by atomic mass is 10.1. The molecule has 79 valence electrons. The Morgan fingerprint density at radius 3 is 2.67 bits per heavy atom. The SMILES string of the molecule is C[CH]c1cn(CC(C)C)c2ccccc12. The first-order valence-electron chi connectivity index (χ1n) is 5.59. The van der Waals surface area contributed by atoms with E-state index >= 15 is 0 Å². The predicted molar refractivity (Wildman–Crippen MR) is 65.9 cm³/mol. The minimum absolute atomic E-state index is 0.686. The van der Waals surface area contributed by atoms with Crippen molar-refractivity contribution in [1.82, 2.24) is 4.57 Å². The van der Waals surface area contributed by atoms with Crippen molar-refractivity contribution in [3.05, 3.63) is 42.4 Å². The van der Waals surface area contributed by atoms with Crippen LogP contribution in [0.5, 0.6) is 0 Å². The average Bonchev–Trinajstić information content (AvgIpc) is 2.56. The number of benzene rings is 1. The van der Waals surface area contributed by atoms with Crippen LogP contribution >= 0.6 is 0 Å². The van der Waals surface area contributed by atoms with Gasteiger partial charge >= 0.3 is 0 Å². The lowest BCUT2D eigenvalue weighted by molar-refractivity contribution is 0.535. The summed E-state index contributed by atoms with van der Waals surface area (Å²) < 4.78 is 2.36. The highest BCUT2D eigenvalue weighted by Crippen LogP contribution is 2.23. The van der Waals surface area contributed by atoms with Crippen molar-refractivity contribution in [3.8, 4) is 0 Å². The van der Waals surface area contributed by atoms with E-state index in [1.54, 1.807) is 0 Å². The second-order valence-electron chi connectivity index (χ2n) is 4.44. The summed E-state index contributed by atoms with van der Waals surface area (Å²) in [4.78, 5) is 0. The molecule has 0 atom stereocenters. The van der Waals surface area contributed by atoms with E-state index in [-0.39, 0.29) is 0 Å². The monoisotopic (exact) mass is 200 g/mol. The molecule has 0 saturated heterocycles. The van der Waals surface area contributed by atoms with E-state index in [1.165, 1.54) is 16.5 Å². The zero-order valence-electron chi connectivity index (χ0n) is 9.70. The molecule has 0 aliphatic rings. The molecular formula is C14H18N. The van der Waals surface area contributed by atoms with Gasteiger partial charge in [-0.3, -0.25) is 0 Å². The summed E-state index contributed by atoms with van der Waals surface area (Å²) in [5.41, 5.74) is 2.69. The second-order valence-corrected chi connectivity index (χ2v) is 4.44. The number of rotatable bonds is 3. The molecule has 0 spiro atoms. The van der Waals surface area contributed by atoms with E-state index in [0.29, 0.717) is 5.92 Å². The Balaban J connectivity index is 2.55. The third-order valence-corrected chi connectivity index (χ3v) is 2.69. The molecule has 15 heavy (non-hydrogen) atoms. The molecule has 0 N–H and O–H groups in total. The Hall–Kier alpha value is -1.24. The largest absolute Gasteiger partial charge is 0.347 e. The van der Waals surface area contributed by atoms with E-state index in [0.717, 1.165) is 6.54 Å². The standard InChI is InChI=1S/C14H18N/c1-4-12-10-15(9-11(2)3)14-8-6-5-7-13(12)14/h4-8,10-11H,9H2,1-3H3. The highest BCUT2D eigenvalue weighted by atomic mass is 15.0. The van der Waals surface area contributed by atoms with Crippen LogP contribution in [0.25, 0.3) is 10.9 Å². The Labute approximate surface area is 91.7 Å². The molecule has 0 amide bonds. The van der Waals surface area contributed by atoms with Crippen molar-refractivity contribution >= 4 is 10.9 Å². The molecular weight excluding hydrogens is 182 g/mol. The van der Waals surface area contributed by atoms with Crippen molar-refractivity contribution < 1.29 is 0 Å². The quantitative estimate of drug-likeness (QED) is 0.708. The molecule has 1 aromatic heterocycles.